The molecule has 20 heavy (non-hydrogen) atoms. The quantitative estimate of drug-likeness (QED) is 0.874. The van der Waals surface area contributed by atoms with Gasteiger partial charge in [0.2, 0.25) is 10.0 Å². The number of nitrogens with one attached hydrogen (secondary N) is 2. The Bertz CT molecular complexity index is 537. The first-order chi connectivity index (χ1) is 9.49. The van der Waals surface area contributed by atoms with Gasteiger partial charge in [-0.3, -0.25) is 0 Å². The van der Waals surface area contributed by atoms with Crippen LogP contribution >= 0.6 is 0 Å². The SMILES string of the molecule is CC(C)NS(=O)(=O)c1ccccc1NN1CCCCC1. The summed E-state index contributed by atoms with van der Waals surface area (Å²) in [6, 6.07) is 6.92. The van der Waals surface area contributed by atoms with Crippen molar-refractivity contribution in [1.82, 2.24) is 9.73 Å². The molecule has 1 aliphatic heterocycles. The topological polar surface area (TPSA) is 61.4 Å². The van der Waals surface area contributed by atoms with Crippen LogP contribution in [-0.4, -0.2) is 32.6 Å². The minimum Gasteiger partial charge on any atom is -0.318 e. The number of anilines is 1. The molecule has 0 spiro atoms. The van der Waals surface area contributed by atoms with Crippen LogP contribution in [0.1, 0.15) is 33.1 Å². The van der Waals surface area contributed by atoms with Crippen molar-refractivity contribution >= 4 is 15.7 Å². The van der Waals surface area contributed by atoms with E-state index in [1.54, 1.807) is 12.1 Å². The number of benzene rings is 1. The predicted molar refractivity (Wildman–Crippen MR) is 80.9 cm³/mol. The Balaban J connectivity index is 2.21. The minimum atomic E-state index is -3.48. The van der Waals surface area contributed by atoms with Crippen molar-refractivity contribution in [3.63, 3.8) is 0 Å². The van der Waals surface area contributed by atoms with Gasteiger partial charge in [0.15, 0.2) is 0 Å². The maximum absolute atomic E-state index is 12.3. The molecular weight excluding hydrogens is 274 g/mol. The van der Waals surface area contributed by atoms with Gasteiger partial charge in [0.1, 0.15) is 4.90 Å². The van der Waals surface area contributed by atoms with E-state index in [0.29, 0.717) is 10.6 Å². The van der Waals surface area contributed by atoms with Gasteiger partial charge in [-0.2, -0.15) is 0 Å². The summed E-state index contributed by atoms with van der Waals surface area (Å²) < 4.78 is 27.3. The van der Waals surface area contributed by atoms with E-state index in [0.717, 1.165) is 25.9 Å². The van der Waals surface area contributed by atoms with Crippen molar-refractivity contribution in [1.29, 1.82) is 0 Å². The van der Waals surface area contributed by atoms with Crippen LogP contribution in [0.2, 0.25) is 0 Å². The van der Waals surface area contributed by atoms with Gasteiger partial charge in [0, 0.05) is 19.1 Å². The lowest BCUT2D eigenvalue weighted by molar-refractivity contribution is 0.272. The molecule has 6 heteroatoms. The molecule has 1 aromatic rings. The number of hydrogen-bond donors (Lipinski definition) is 2. The predicted octanol–water partition coefficient (Wildman–Crippen LogP) is 2.19. The Kier molecular flexibility index (Phi) is 5.01. The second kappa shape index (κ2) is 6.56. The van der Waals surface area contributed by atoms with Crippen LogP contribution in [0.4, 0.5) is 5.69 Å². The Hall–Kier alpha value is -1.11. The van der Waals surface area contributed by atoms with E-state index in [1.165, 1.54) is 6.42 Å². The Morgan fingerprint density at radius 2 is 1.75 bits per heavy atom. The van der Waals surface area contributed by atoms with Crippen molar-refractivity contribution in [2.45, 2.75) is 44.0 Å². The van der Waals surface area contributed by atoms with Crippen molar-refractivity contribution < 1.29 is 8.42 Å². The minimum absolute atomic E-state index is 0.122. The zero-order valence-corrected chi connectivity index (χ0v) is 12.9. The molecule has 2 rings (SSSR count). The maximum atomic E-state index is 12.3. The lowest BCUT2D eigenvalue weighted by Gasteiger charge is -2.28. The number of sulfonamides is 1. The standard InChI is InChI=1S/C14H23N3O2S/c1-12(2)16-20(18,19)14-9-5-4-8-13(14)15-17-10-6-3-7-11-17/h4-5,8-9,12,15-16H,3,6-7,10-11H2,1-2H3. The molecule has 0 atom stereocenters. The monoisotopic (exact) mass is 297 g/mol. The molecule has 0 bridgehead atoms. The average molecular weight is 297 g/mol. The third-order valence-corrected chi connectivity index (χ3v) is 4.92. The Labute approximate surface area is 121 Å². The highest BCUT2D eigenvalue weighted by Crippen LogP contribution is 2.22. The van der Waals surface area contributed by atoms with Crippen LogP contribution < -0.4 is 10.1 Å². The zero-order chi connectivity index (χ0) is 14.6. The first-order valence-electron chi connectivity index (χ1n) is 7.12. The summed E-state index contributed by atoms with van der Waals surface area (Å²) in [5.41, 5.74) is 3.88. The van der Waals surface area contributed by atoms with Crippen molar-refractivity contribution in [3.8, 4) is 0 Å². The first-order valence-corrected chi connectivity index (χ1v) is 8.60. The van der Waals surface area contributed by atoms with Gasteiger partial charge in [-0.1, -0.05) is 18.6 Å². The van der Waals surface area contributed by atoms with Gasteiger partial charge in [-0.05, 0) is 38.8 Å². The van der Waals surface area contributed by atoms with Crippen molar-refractivity contribution in [2.24, 2.45) is 0 Å². The number of para-hydroxylation sites is 1. The molecule has 5 nitrogen and oxygen atoms in total. The fourth-order valence-electron chi connectivity index (χ4n) is 2.34. The molecule has 1 fully saturated rings. The normalized spacial score (nSPS) is 17.4. The molecule has 0 aliphatic carbocycles. The average Bonchev–Trinajstić information content (AvgIpc) is 2.39. The largest absolute Gasteiger partial charge is 0.318 e. The van der Waals surface area contributed by atoms with Crippen LogP contribution in [0.5, 0.6) is 0 Å². The van der Waals surface area contributed by atoms with Crippen LogP contribution in [0, 0.1) is 0 Å². The third kappa shape index (κ3) is 3.94. The van der Waals surface area contributed by atoms with E-state index in [4.69, 9.17) is 0 Å². The zero-order valence-electron chi connectivity index (χ0n) is 12.1. The summed E-state index contributed by atoms with van der Waals surface area (Å²) >= 11 is 0. The van der Waals surface area contributed by atoms with Crippen molar-refractivity contribution in [3.05, 3.63) is 24.3 Å². The summed E-state index contributed by atoms with van der Waals surface area (Å²) in [6.45, 7) is 5.54. The Morgan fingerprint density at radius 1 is 1.10 bits per heavy atom. The van der Waals surface area contributed by atoms with Crippen LogP contribution in [-0.2, 0) is 10.0 Å². The van der Waals surface area contributed by atoms with Crippen molar-refractivity contribution in [2.75, 3.05) is 18.5 Å². The molecule has 0 unspecified atom stereocenters. The molecule has 1 saturated heterocycles. The molecule has 2 N–H and O–H groups in total. The number of rotatable bonds is 5. The van der Waals surface area contributed by atoms with Gasteiger partial charge in [-0.15, -0.1) is 0 Å². The van der Waals surface area contributed by atoms with Gasteiger partial charge in [0.25, 0.3) is 0 Å². The fourth-order valence-corrected chi connectivity index (χ4v) is 3.75. The molecule has 0 saturated carbocycles. The highest BCUT2D eigenvalue weighted by atomic mass is 32.2. The number of hydrogen-bond acceptors (Lipinski definition) is 4. The van der Waals surface area contributed by atoms with Gasteiger partial charge in [-0.25, -0.2) is 18.1 Å². The van der Waals surface area contributed by atoms with Gasteiger partial charge in [0.05, 0.1) is 5.69 Å². The molecule has 0 amide bonds. The second-order valence-electron chi connectivity index (χ2n) is 5.43. The number of hydrazine groups is 1. The summed E-state index contributed by atoms with van der Waals surface area (Å²) in [5.74, 6) is 0. The molecule has 1 heterocycles. The highest BCUT2D eigenvalue weighted by Gasteiger charge is 2.20. The summed E-state index contributed by atoms with van der Waals surface area (Å²) in [4.78, 5) is 0.305. The van der Waals surface area contributed by atoms with Gasteiger partial charge >= 0.3 is 0 Å². The lowest BCUT2D eigenvalue weighted by Crippen LogP contribution is -2.36. The molecule has 0 aromatic heterocycles. The molecule has 1 aliphatic rings. The van der Waals surface area contributed by atoms with E-state index in [9.17, 15) is 8.42 Å². The maximum Gasteiger partial charge on any atom is 0.242 e. The molecular formula is C14H23N3O2S. The summed E-state index contributed by atoms with van der Waals surface area (Å²) in [7, 11) is -3.48. The van der Waals surface area contributed by atoms with E-state index in [1.807, 2.05) is 26.0 Å². The summed E-state index contributed by atoms with van der Waals surface area (Å²) in [5, 5.41) is 2.09. The van der Waals surface area contributed by atoms with E-state index in [-0.39, 0.29) is 6.04 Å². The molecule has 112 valence electrons. The fraction of sp³-hybridized carbons (Fsp3) is 0.571. The lowest BCUT2D eigenvalue weighted by atomic mass is 10.2. The number of nitrogens with zero attached hydrogens (tertiary/aromatic N) is 1. The Morgan fingerprint density at radius 3 is 2.40 bits per heavy atom. The highest BCUT2D eigenvalue weighted by molar-refractivity contribution is 7.89. The smallest absolute Gasteiger partial charge is 0.242 e. The second-order valence-corrected chi connectivity index (χ2v) is 7.11. The number of piperidine rings is 1. The molecule has 1 aromatic carbocycles. The van der Waals surface area contributed by atoms with Crippen LogP contribution in [0.15, 0.2) is 29.2 Å². The van der Waals surface area contributed by atoms with Crippen LogP contribution in [0.3, 0.4) is 0 Å². The summed E-state index contributed by atoms with van der Waals surface area (Å²) in [6.07, 6.45) is 3.53. The van der Waals surface area contributed by atoms with Gasteiger partial charge < -0.3 is 5.43 Å². The van der Waals surface area contributed by atoms with Crippen LogP contribution in [0.25, 0.3) is 0 Å². The third-order valence-electron chi connectivity index (χ3n) is 3.20. The first kappa shape index (κ1) is 15.3. The van der Waals surface area contributed by atoms with E-state index >= 15 is 0 Å². The van der Waals surface area contributed by atoms with E-state index in [2.05, 4.69) is 15.2 Å². The van der Waals surface area contributed by atoms with E-state index < -0.39 is 10.0 Å². The molecule has 0 radical (unpaired) electrons.